The molecule has 0 aliphatic heterocycles. The third kappa shape index (κ3) is 5.86. The lowest BCUT2D eigenvalue weighted by atomic mass is 10.1. The van der Waals surface area contributed by atoms with Gasteiger partial charge in [-0.25, -0.2) is 4.79 Å². The molecule has 1 N–H and O–H groups in total. The molecule has 0 atom stereocenters. The Morgan fingerprint density at radius 2 is 1.97 bits per heavy atom. The lowest BCUT2D eigenvalue weighted by molar-refractivity contribution is -0.385. The maximum Gasteiger partial charge on any atom is 0.350 e. The van der Waals surface area contributed by atoms with E-state index in [4.69, 9.17) is 13.9 Å². The number of hydrogen-bond donors (Lipinski definition) is 1. The number of para-hydroxylation sites is 1. The lowest BCUT2D eigenvalue weighted by Crippen LogP contribution is -2.23. The highest BCUT2D eigenvalue weighted by molar-refractivity contribution is 6.01. The number of nitrogens with zero attached hydrogens (tertiary/aromatic N) is 2. The van der Waals surface area contributed by atoms with Gasteiger partial charge in [-0.3, -0.25) is 14.9 Å². The second-order valence-corrected chi connectivity index (χ2v) is 6.73. The Kier molecular flexibility index (Phi) is 7.75. The van der Waals surface area contributed by atoms with Gasteiger partial charge in [-0.1, -0.05) is 18.2 Å². The van der Waals surface area contributed by atoms with Gasteiger partial charge in [-0.2, -0.15) is 5.26 Å². The Morgan fingerprint density at radius 1 is 1.18 bits per heavy atom. The number of esters is 1. The van der Waals surface area contributed by atoms with Crippen LogP contribution in [0.4, 0.5) is 5.69 Å². The van der Waals surface area contributed by atoms with E-state index in [1.54, 1.807) is 19.1 Å². The Bertz CT molecular complexity index is 1270. The van der Waals surface area contributed by atoms with Crippen molar-refractivity contribution < 1.29 is 28.4 Å². The van der Waals surface area contributed by atoms with Crippen molar-refractivity contribution in [2.24, 2.45) is 0 Å². The molecule has 0 aliphatic rings. The van der Waals surface area contributed by atoms with Crippen LogP contribution in [0.1, 0.15) is 28.6 Å². The molecule has 34 heavy (non-hydrogen) atoms. The fourth-order valence-electron chi connectivity index (χ4n) is 2.92. The summed E-state index contributed by atoms with van der Waals surface area (Å²) in [5.74, 6) is -0.788. The first kappa shape index (κ1) is 23.7. The SMILES string of the molecule is CCOc1cc(C=C(C#N)C(=O)NCc2ccco2)ccc1OC(=O)c1ccccc1[N+](=O)[O-]. The first-order chi connectivity index (χ1) is 16.4. The number of carbonyl (C=O) groups is 2. The number of nitro benzene ring substituents is 1. The average Bonchev–Trinajstić information content (AvgIpc) is 3.36. The number of benzene rings is 2. The minimum atomic E-state index is -0.924. The molecule has 172 valence electrons. The van der Waals surface area contributed by atoms with E-state index in [1.807, 2.05) is 6.07 Å². The number of carbonyl (C=O) groups excluding carboxylic acids is 2. The number of nitro groups is 1. The van der Waals surface area contributed by atoms with Crippen molar-refractivity contribution in [1.29, 1.82) is 5.26 Å². The van der Waals surface area contributed by atoms with E-state index >= 15 is 0 Å². The van der Waals surface area contributed by atoms with E-state index in [2.05, 4.69) is 5.32 Å². The molecule has 3 aromatic rings. The summed E-state index contributed by atoms with van der Waals surface area (Å²) in [6.45, 7) is 2.08. The molecule has 0 saturated heterocycles. The second kappa shape index (κ2) is 11.1. The van der Waals surface area contributed by atoms with Crippen LogP contribution in [-0.2, 0) is 11.3 Å². The highest BCUT2D eigenvalue weighted by atomic mass is 16.6. The topological polar surface area (TPSA) is 145 Å². The third-order valence-electron chi connectivity index (χ3n) is 4.47. The molecular formula is C24H19N3O7. The van der Waals surface area contributed by atoms with Crippen LogP contribution in [0.25, 0.3) is 6.08 Å². The zero-order valence-electron chi connectivity index (χ0n) is 18.0. The Hall–Kier alpha value is -4.91. The fraction of sp³-hybridized carbons (Fsp3) is 0.125. The van der Waals surface area contributed by atoms with Crippen LogP contribution in [0.2, 0.25) is 0 Å². The molecule has 0 unspecified atom stereocenters. The zero-order chi connectivity index (χ0) is 24.5. The number of nitrogens with one attached hydrogen (secondary N) is 1. The van der Waals surface area contributed by atoms with E-state index in [9.17, 15) is 25.0 Å². The number of rotatable bonds is 9. The summed E-state index contributed by atoms with van der Waals surface area (Å²) in [6, 6.07) is 15.1. The summed E-state index contributed by atoms with van der Waals surface area (Å²) >= 11 is 0. The van der Waals surface area contributed by atoms with Crippen molar-refractivity contribution in [2.45, 2.75) is 13.5 Å². The van der Waals surface area contributed by atoms with Gasteiger partial charge < -0.3 is 19.2 Å². The smallest absolute Gasteiger partial charge is 0.350 e. The first-order valence-electron chi connectivity index (χ1n) is 10.1. The predicted octanol–water partition coefficient (Wildman–Crippen LogP) is 4.03. The van der Waals surface area contributed by atoms with Crippen LogP contribution < -0.4 is 14.8 Å². The predicted molar refractivity (Wildman–Crippen MR) is 120 cm³/mol. The lowest BCUT2D eigenvalue weighted by Gasteiger charge is -2.12. The molecule has 0 radical (unpaired) electrons. The van der Waals surface area contributed by atoms with Crippen molar-refractivity contribution in [3.63, 3.8) is 0 Å². The van der Waals surface area contributed by atoms with E-state index in [0.29, 0.717) is 11.3 Å². The summed E-state index contributed by atoms with van der Waals surface area (Å²) in [7, 11) is 0. The van der Waals surface area contributed by atoms with Crippen LogP contribution in [0.15, 0.2) is 70.9 Å². The van der Waals surface area contributed by atoms with Gasteiger partial charge in [0, 0.05) is 6.07 Å². The molecule has 0 fully saturated rings. The molecule has 0 bridgehead atoms. The van der Waals surface area contributed by atoms with Crippen molar-refractivity contribution >= 4 is 23.6 Å². The van der Waals surface area contributed by atoms with E-state index < -0.39 is 16.8 Å². The van der Waals surface area contributed by atoms with Gasteiger partial charge >= 0.3 is 5.97 Å². The Labute approximate surface area is 194 Å². The number of amides is 1. The molecule has 1 amide bonds. The summed E-state index contributed by atoms with van der Waals surface area (Å²) in [6.07, 6.45) is 2.83. The van der Waals surface area contributed by atoms with Crippen LogP contribution >= 0.6 is 0 Å². The Balaban J connectivity index is 1.82. The van der Waals surface area contributed by atoms with Gasteiger partial charge in [0.2, 0.25) is 0 Å². The number of nitriles is 1. The number of ether oxygens (including phenoxy) is 2. The molecule has 1 heterocycles. The van der Waals surface area contributed by atoms with Gasteiger partial charge in [0.25, 0.3) is 11.6 Å². The second-order valence-electron chi connectivity index (χ2n) is 6.73. The minimum Gasteiger partial charge on any atom is -0.490 e. The van der Waals surface area contributed by atoms with Crippen molar-refractivity contribution in [1.82, 2.24) is 5.32 Å². The zero-order valence-corrected chi connectivity index (χ0v) is 18.0. The van der Waals surface area contributed by atoms with Crippen molar-refractivity contribution in [2.75, 3.05) is 6.61 Å². The molecule has 0 saturated carbocycles. The van der Waals surface area contributed by atoms with Crippen molar-refractivity contribution in [3.05, 3.63) is 93.4 Å². The van der Waals surface area contributed by atoms with Crippen molar-refractivity contribution in [3.8, 4) is 17.6 Å². The van der Waals surface area contributed by atoms with Gasteiger partial charge in [0.1, 0.15) is 23.0 Å². The normalized spacial score (nSPS) is 10.8. The minimum absolute atomic E-state index is 0.0305. The molecule has 3 rings (SSSR count). The largest absolute Gasteiger partial charge is 0.490 e. The molecule has 0 spiro atoms. The first-order valence-corrected chi connectivity index (χ1v) is 10.1. The third-order valence-corrected chi connectivity index (χ3v) is 4.47. The Morgan fingerprint density at radius 3 is 2.65 bits per heavy atom. The van der Waals surface area contributed by atoms with Crippen LogP contribution in [-0.4, -0.2) is 23.4 Å². The summed E-state index contributed by atoms with van der Waals surface area (Å²) in [5.41, 5.74) is -0.305. The van der Waals surface area contributed by atoms with Crippen LogP contribution in [0, 0.1) is 21.4 Å². The maximum absolute atomic E-state index is 12.6. The summed E-state index contributed by atoms with van der Waals surface area (Å²) in [5, 5.41) is 23.2. The fourth-order valence-corrected chi connectivity index (χ4v) is 2.92. The van der Waals surface area contributed by atoms with E-state index in [0.717, 1.165) is 0 Å². The number of hydrogen-bond acceptors (Lipinski definition) is 8. The van der Waals surface area contributed by atoms with Gasteiger partial charge in [-0.05, 0) is 48.9 Å². The molecule has 2 aromatic carbocycles. The maximum atomic E-state index is 12.6. The highest BCUT2D eigenvalue weighted by Crippen LogP contribution is 2.31. The average molecular weight is 461 g/mol. The molecular weight excluding hydrogens is 442 g/mol. The highest BCUT2D eigenvalue weighted by Gasteiger charge is 2.22. The molecule has 10 nitrogen and oxygen atoms in total. The van der Waals surface area contributed by atoms with Gasteiger partial charge in [0.05, 0.1) is 24.3 Å². The summed E-state index contributed by atoms with van der Waals surface area (Å²) < 4.78 is 16.0. The quantitative estimate of drug-likeness (QED) is 0.126. The van der Waals surface area contributed by atoms with E-state index in [1.165, 1.54) is 54.8 Å². The van der Waals surface area contributed by atoms with Crippen LogP contribution in [0.3, 0.4) is 0 Å². The molecule has 10 heteroatoms. The molecule has 0 aliphatic carbocycles. The number of furan rings is 1. The van der Waals surface area contributed by atoms with Crippen LogP contribution in [0.5, 0.6) is 11.5 Å². The molecule has 1 aromatic heterocycles. The standard InChI is InChI=1S/C24H19N3O7/c1-2-32-22-13-16(12-17(14-25)23(28)26-15-18-6-5-11-33-18)9-10-21(22)34-24(29)19-7-3-4-8-20(19)27(30)31/h3-13H,2,15H2,1H3,(H,26,28). The monoisotopic (exact) mass is 461 g/mol. The summed E-state index contributed by atoms with van der Waals surface area (Å²) in [4.78, 5) is 35.4. The van der Waals surface area contributed by atoms with E-state index in [-0.39, 0.29) is 41.5 Å². The van der Waals surface area contributed by atoms with Gasteiger partial charge in [-0.15, -0.1) is 0 Å². The van der Waals surface area contributed by atoms with Gasteiger partial charge in [0.15, 0.2) is 11.5 Å².